The molecule has 3 heterocycles. The lowest BCUT2D eigenvalue weighted by atomic mass is 9.71. The lowest BCUT2D eigenvalue weighted by Gasteiger charge is -2.57. The van der Waals surface area contributed by atoms with Crippen molar-refractivity contribution in [1.29, 1.82) is 0 Å². The minimum absolute atomic E-state index is 0.0140. The van der Waals surface area contributed by atoms with Crippen LogP contribution in [0, 0.1) is 6.92 Å². The first kappa shape index (κ1) is 26.4. The predicted molar refractivity (Wildman–Crippen MR) is 136 cm³/mol. The highest BCUT2D eigenvalue weighted by Gasteiger charge is 2.55. The molecule has 1 aromatic rings. The number of phenolic OH excluding ortho intramolecular Hbond substituents is 1. The van der Waals surface area contributed by atoms with Crippen LogP contribution < -0.4 is 21.1 Å². The van der Waals surface area contributed by atoms with E-state index in [1.54, 1.807) is 18.7 Å². The number of Topliss-reactive ketones (excluding diaryl/α,β-unsaturated/α-hetero) is 2. The summed E-state index contributed by atoms with van der Waals surface area (Å²) in [5.41, 5.74) is 8.82. The number of hydrogen-bond acceptors (Lipinski definition) is 10. The second kappa shape index (κ2) is 9.49. The Morgan fingerprint density at radius 2 is 1.95 bits per heavy atom. The summed E-state index contributed by atoms with van der Waals surface area (Å²) in [5.74, 6) is -0.822. The number of ketones is 2. The zero-order chi connectivity index (χ0) is 27.6. The average molecular weight is 527 g/mol. The molecule has 5 rings (SSSR count). The maximum atomic E-state index is 13.6. The number of ether oxygens (including phenoxy) is 2. The molecule has 0 saturated carbocycles. The fraction of sp³-hybridized carbons (Fsp3) is 0.519. The van der Waals surface area contributed by atoms with Crippen LogP contribution in [0.1, 0.15) is 43.0 Å². The molecule has 1 aromatic carbocycles. The SMILES string of the molecule is COC1=C(C)C(=O)C2=C(C1=O)C(CNC(=O)C(C)N)N1C(O)C3Cc4cc(C)c(OC)c(O)c4C(N3)C1C2. The topological polar surface area (TPSA) is 163 Å². The lowest BCUT2D eigenvalue weighted by molar-refractivity contribution is -0.133. The molecule has 11 heteroatoms. The Balaban J connectivity index is 1.66. The van der Waals surface area contributed by atoms with E-state index in [1.807, 2.05) is 13.0 Å². The van der Waals surface area contributed by atoms with Crippen molar-refractivity contribution in [2.75, 3.05) is 20.8 Å². The summed E-state index contributed by atoms with van der Waals surface area (Å²) in [5, 5.41) is 29.1. The zero-order valence-electron chi connectivity index (χ0n) is 22.1. The van der Waals surface area contributed by atoms with E-state index in [0.717, 1.165) is 11.1 Å². The molecular formula is C27H34N4O7. The van der Waals surface area contributed by atoms with Crippen LogP contribution in [0.5, 0.6) is 11.5 Å². The van der Waals surface area contributed by atoms with Crippen LogP contribution in [0.25, 0.3) is 0 Å². The van der Waals surface area contributed by atoms with Crippen LogP contribution in [0.3, 0.4) is 0 Å². The smallest absolute Gasteiger partial charge is 0.236 e. The molecule has 2 bridgehead atoms. The Kier molecular flexibility index (Phi) is 6.59. The van der Waals surface area contributed by atoms with Gasteiger partial charge in [0.25, 0.3) is 0 Å². The van der Waals surface area contributed by atoms with E-state index in [4.69, 9.17) is 15.2 Å². The molecule has 11 nitrogen and oxygen atoms in total. The first-order valence-corrected chi connectivity index (χ1v) is 12.7. The molecule has 6 N–H and O–H groups in total. The van der Waals surface area contributed by atoms with Crippen LogP contribution in [-0.4, -0.2) is 83.7 Å². The van der Waals surface area contributed by atoms with Gasteiger partial charge in [-0.25, -0.2) is 0 Å². The molecule has 0 aromatic heterocycles. The van der Waals surface area contributed by atoms with Crippen molar-refractivity contribution in [2.45, 2.75) is 70.0 Å². The van der Waals surface area contributed by atoms with Crippen molar-refractivity contribution in [2.24, 2.45) is 5.73 Å². The number of nitrogens with two attached hydrogens (primary N) is 1. The van der Waals surface area contributed by atoms with Gasteiger partial charge in [0.15, 0.2) is 23.0 Å². The van der Waals surface area contributed by atoms with Gasteiger partial charge in [0, 0.05) is 34.9 Å². The Morgan fingerprint density at radius 3 is 2.58 bits per heavy atom. The highest BCUT2D eigenvalue weighted by molar-refractivity contribution is 6.25. The molecule has 204 valence electrons. The number of carbonyl (C=O) groups excluding carboxylic acids is 3. The van der Waals surface area contributed by atoms with Crippen molar-refractivity contribution in [3.63, 3.8) is 0 Å². The normalized spacial score (nSPS) is 29.4. The van der Waals surface area contributed by atoms with Crippen LogP contribution in [-0.2, 0) is 25.5 Å². The van der Waals surface area contributed by atoms with Gasteiger partial charge in [-0.15, -0.1) is 0 Å². The van der Waals surface area contributed by atoms with Crippen molar-refractivity contribution < 1.29 is 34.1 Å². The van der Waals surface area contributed by atoms with E-state index in [2.05, 4.69) is 10.6 Å². The summed E-state index contributed by atoms with van der Waals surface area (Å²) in [4.78, 5) is 41.4. The van der Waals surface area contributed by atoms with Gasteiger partial charge < -0.3 is 36.1 Å². The molecular weight excluding hydrogens is 492 g/mol. The maximum Gasteiger partial charge on any atom is 0.236 e. The third kappa shape index (κ3) is 3.76. The van der Waals surface area contributed by atoms with E-state index in [0.29, 0.717) is 23.3 Å². The summed E-state index contributed by atoms with van der Waals surface area (Å²) in [6.45, 7) is 4.91. The first-order valence-electron chi connectivity index (χ1n) is 12.7. The molecule has 1 fully saturated rings. The number of aliphatic hydroxyl groups excluding tert-OH is 1. The van der Waals surface area contributed by atoms with Crippen molar-refractivity contribution in [1.82, 2.24) is 15.5 Å². The number of aryl methyl sites for hydroxylation is 1. The van der Waals surface area contributed by atoms with Gasteiger partial charge >= 0.3 is 0 Å². The number of piperazine rings is 1. The molecule has 1 aliphatic carbocycles. The maximum absolute atomic E-state index is 13.6. The molecule has 3 aliphatic heterocycles. The van der Waals surface area contributed by atoms with Crippen LogP contribution >= 0.6 is 0 Å². The summed E-state index contributed by atoms with van der Waals surface area (Å²) in [6, 6.07) is -1.05. The Hall–Kier alpha value is -3.25. The monoisotopic (exact) mass is 526 g/mol. The summed E-state index contributed by atoms with van der Waals surface area (Å²) in [7, 11) is 2.83. The minimum atomic E-state index is -1.04. The number of fused-ring (bicyclic) bond motifs is 6. The average Bonchev–Trinajstić information content (AvgIpc) is 2.88. The number of hydrogen-bond donors (Lipinski definition) is 5. The fourth-order valence-corrected chi connectivity index (χ4v) is 6.57. The van der Waals surface area contributed by atoms with E-state index in [1.165, 1.54) is 14.2 Å². The third-order valence-corrected chi connectivity index (χ3v) is 8.27. The van der Waals surface area contributed by atoms with E-state index in [9.17, 15) is 24.6 Å². The molecule has 6 atom stereocenters. The van der Waals surface area contributed by atoms with Crippen LogP contribution in [0.2, 0.25) is 0 Å². The van der Waals surface area contributed by atoms with E-state index < -0.39 is 48.1 Å². The highest BCUT2D eigenvalue weighted by Crippen LogP contribution is 2.50. The summed E-state index contributed by atoms with van der Waals surface area (Å²) >= 11 is 0. The third-order valence-electron chi connectivity index (χ3n) is 8.27. The number of amides is 1. The van der Waals surface area contributed by atoms with Crippen LogP contribution in [0.15, 0.2) is 28.5 Å². The molecule has 1 amide bonds. The molecule has 4 aliphatic rings. The number of nitrogens with one attached hydrogen (secondary N) is 2. The van der Waals surface area contributed by atoms with Crippen molar-refractivity contribution in [3.05, 3.63) is 45.2 Å². The van der Waals surface area contributed by atoms with Gasteiger partial charge in [-0.2, -0.15) is 0 Å². The second-order valence-electron chi connectivity index (χ2n) is 10.5. The van der Waals surface area contributed by atoms with Gasteiger partial charge in [0.2, 0.25) is 11.7 Å². The number of benzene rings is 1. The standard InChI is InChI=1S/C27H34N4O7/c1-10-6-13-7-15-27(36)31-16(20(30-15)18(13)22(33)24(10)37-4)8-14-19(17(31)9-29-26(35)12(3)28)23(34)25(38-5)11(2)21(14)32/h6,12,15-17,20,27,30,33,36H,7-9,28H2,1-5H3,(H,29,35). The molecule has 0 radical (unpaired) electrons. The molecule has 0 spiro atoms. The van der Waals surface area contributed by atoms with Gasteiger partial charge in [-0.1, -0.05) is 6.07 Å². The molecule has 1 saturated heterocycles. The van der Waals surface area contributed by atoms with Gasteiger partial charge in [0.05, 0.1) is 38.4 Å². The number of aromatic hydroxyl groups is 1. The van der Waals surface area contributed by atoms with E-state index in [-0.39, 0.29) is 41.4 Å². The number of rotatable bonds is 5. The Labute approximate surface area is 220 Å². The second-order valence-corrected chi connectivity index (χ2v) is 10.5. The largest absolute Gasteiger partial charge is 0.504 e. The predicted octanol–water partition coefficient (Wildman–Crippen LogP) is -0.128. The number of aliphatic hydroxyl groups is 1. The number of allylic oxidation sites excluding steroid dienone is 2. The number of phenols is 1. The Bertz CT molecular complexity index is 1300. The summed E-state index contributed by atoms with van der Waals surface area (Å²) in [6.07, 6.45) is -0.460. The minimum Gasteiger partial charge on any atom is -0.504 e. The zero-order valence-corrected chi connectivity index (χ0v) is 22.1. The number of nitrogens with zero attached hydrogens (tertiary/aromatic N) is 1. The summed E-state index contributed by atoms with van der Waals surface area (Å²) < 4.78 is 10.8. The van der Waals surface area contributed by atoms with Crippen molar-refractivity contribution in [3.8, 4) is 11.5 Å². The van der Waals surface area contributed by atoms with Crippen molar-refractivity contribution >= 4 is 17.5 Å². The van der Waals surface area contributed by atoms with Gasteiger partial charge in [0.1, 0.15) is 6.23 Å². The Morgan fingerprint density at radius 1 is 1.24 bits per heavy atom. The molecule has 38 heavy (non-hydrogen) atoms. The number of carbonyl (C=O) groups is 3. The van der Waals surface area contributed by atoms with Gasteiger partial charge in [-0.05, 0) is 44.7 Å². The van der Waals surface area contributed by atoms with Gasteiger partial charge in [-0.3, -0.25) is 19.3 Å². The van der Waals surface area contributed by atoms with E-state index >= 15 is 0 Å². The lowest BCUT2D eigenvalue weighted by Crippen LogP contribution is -2.71. The first-order chi connectivity index (χ1) is 18.0. The highest BCUT2D eigenvalue weighted by atomic mass is 16.5. The number of methoxy groups -OCH3 is 2. The quantitative estimate of drug-likeness (QED) is 0.327. The van der Waals surface area contributed by atoms with Crippen LogP contribution in [0.4, 0.5) is 0 Å². The fourth-order valence-electron chi connectivity index (χ4n) is 6.57. The molecule has 6 unspecified atom stereocenters.